The molecule has 1 aromatic rings. The van der Waals surface area contributed by atoms with E-state index in [2.05, 4.69) is 17.4 Å². The molecule has 154 valence electrons. The van der Waals surface area contributed by atoms with E-state index in [1.807, 2.05) is 6.07 Å². The SMILES string of the molecule is CCOC(=O)CCCOc1ccc(C2CCC(=O)NC2)cc1OC1CCCC1. The Bertz CT molecular complexity index is 659. The molecule has 1 aliphatic carbocycles. The molecule has 3 rings (SSSR count). The van der Waals surface area contributed by atoms with Crippen molar-refractivity contribution in [3.8, 4) is 11.5 Å². The Labute approximate surface area is 166 Å². The Morgan fingerprint density at radius 1 is 1.18 bits per heavy atom. The second-order valence-corrected chi connectivity index (χ2v) is 7.53. The van der Waals surface area contributed by atoms with Gasteiger partial charge in [0, 0.05) is 25.3 Å². The summed E-state index contributed by atoms with van der Waals surface area (Å²) in [5.74, 6) is 1.74. The fourth-order valence-corrected chi connectivity index (χ4v) is 3.82. The lowest BCUT2D eigenvalue weighted by Crippen LogP contribution is -2.33. The quantitative estimate of drug-likeness (QED) is 0.515. The van der Waals surface area contributed by atoms with E-state index in [1.54, 1.807) is 6.92 Å². The van der Waals surface area contributed by atoms with Gasteiger partial charge in [-0.05, 0) is 63.1 Å². The molecule has 2 fully saturated rings. The van der Waals surface area contributed by atoms with E-state index in [1.165, 1.54) is 18.4 Å². The number of hydrogen-bond acceptors (Lipinski definition) is 5. The predicted octanol–water partition coefficient (Wildman–Crippen LogP) is 3.72. The Hall–Kier alpha value is -2.24. The molecule has 1 aliphatic heterocycles. The second kappa shape index (κ2) is 10.3. The first kappa shape index (κ1) is 20.5. The van der Waals surface area contributed by atoms with Crippen LogP contribution in [0.2, 0.25) is 0 Å². The monoisotopic (exact) mass is 389 g/mol. The summed E-state index contributed by atoms with van der Waals surface area (Å²) in [6.07, 6.45) is 7.18. The fraction of sp³-hybridized carbons (Fsp3) is 0.636. The van der Waals surface area contributed by atoms with Crippen LogP contribution in [0.5, 0.6) is 11.5 Å². The maximum Gasteiger partial charge on any atom is 0.305 e. The summed E-state index contributed by atoms with van der Waals surface area (Å²) in [5, 5.41) is 2.95. The number of amides is 1. The summed E-state index contributed by atoms with van der Waals surface area (Å²) in [4.78, 5) is 22.9. The van der Waals surface area contributed by atoms with Gasteiger partial charge in [0.15, 0.2) is 11.5 Å². The van der Waals surface area contributed by atoms with Gasteiger partial charge in [-0.25, -0.2) is 0 Å². The van der Waals surface area contributed by atoms with Crippen molar-refractivity contribution in [1.29, 1.82) is 0 Å². The summed E-state index contributed by atoms with van der Waals surface area (Å²) >= 11 is 0. The van der Waals surface area contributed by atoms with E-state index in [9.17, 15) is 9.59 Å². The van der Waals surface area contributed by atoms with E-state index < -0.39 is 0 Å². The van der Waals surface area contributed by atoms with Crippen molar-refractivity contribution in [2.45, 2.75) is 70.3 Å². The molecular weight excluding hydrogens is 358 g/mol. The third kappa shape index (κ3) is 5.88. The van der Waals surface area contributed by atoms with Crippen LogP contribution in [0.1, 0.15) is 69.8 Å². The molecule has 0 radical (unpaired) electrons. The Morgan fingerprint density at radius 3 is 2.71 bits per heavy atom. The van der Waals surface area contributed by atoms with Crippen molar-refractivity contribution < 1.29 is 23.8 Å². The van der Waals surface area contributed by atoms with Crippen LogP contribution < -0.4 is 14.8 Å². The molecule has 1 atom stereocenters. The van der Waals surface area contributed by atoms with Gasteiger partial charge in [0.1, 0.15) is 0 Å². The van der Waals surface area contributed by atoms with Crippen LogP contribution in [0.25, 0.3) is 0 Å². The maximum absolute atomic E-state index is 11.5. The molecule has 0 bridgehead atoms. The zero-order valence-electron chi connectivity index (χ0n) is 16.7. The average Bonchev–Trinajstić information content (AvgIpc) is 3.20. The van der Waals surface area contributed by atoms with Gasteiger partial charge >= 0.3 is 5.97 Å². The van der Waals surface area contributed by atoms with Crippen molar-refractivity contribution in [3.63, 3.8) is 0 Å². The lowest BCUT2D eigenvalue weighted by molar-refractivity contribution is -0.143. The lowest BCUT2D eigenvalue weighted by atomic mass is 9.91. The molecule has 0 aromatic heterocycles. The maximum atomic E-state index is 11.5. The van der Waals surface area contributed by atoms with Gasteiger partial charge < -0.3 is 19.5 Å². The first-order valence-corrected chi connectivity index (χ1v) is 10.5. The Morgan fingerprint density at radius 2 is 2.00 bits per heavy atom. The van der Waals surface area contributed by atoms with Gasteiger partial charge in [-0.3, -0.25) is 9.59 Å². The van der Waals surface area contributed by atoms with Crippen molar-refractivity contribution in [2.75, 3.05) is 19.8 Å². The third-order valence-corrected chi connectivity index (χ3v) is 5.39. The van der Waals surface area contributed by atoms with Crippen LogP contribution in [-0.2, 0) is 14.3 Å². The summed E-state index contributed by atoms with van der Waals surface area (Å²) < 4.78 is 17.2. The van der Waals surface area contributed by atoms with Crippen LogP contribution in [-0.4, -0.2) is 37.7 Å². The molecule has 1 heterocycles. The highest BCUT2D eigenvalue weighted by atomic mass is 16.5. The molecule has 1 unspecified atom stereocenters. The normalized spacial score (nSPS) is 19.9. The average molecular weight is 389 g/mol. The van der Waals surface area contributed by atoms with Crippen LogP contribution in [0.4, 0.5) is 0 Å². The first-order valence-electron chi connectivity index (χ1n) is 10.5. The van der Waals surface area contributed by atoms with E-state index in [0.717, 1.165) is 30.8 Å². The molecule has 1 aromatic carbocycles. The summed E-state index contributed by atoms with van der Waals surface area (Å²) in [7, 11) is 0. The Kier molecular flexibility index (Phi) is 7.57. The topological polar surface area (TPSA) is 73.9 Å². The van der Waals surface area contributed by atoms with Gasteiger partial charge in [0.25, 0.3) is 0 Å². The molecule has 1 saturated carbocycles. The number of carbonyl (C=O) groups is 2. The molecule has 6 heteroatoms. The Balaban J connectivity index is 1.63. The zero-order chi connectivity index (χ0) is 19.8. The third-order valence-electron chi connectivity index (χ3n) is 5.39. The minimum absolute atomic E-state index is 0.125. The van der Waals surface area contributed by atoms with Crippen LogP contribution in [0, 0.1) is 0 Å². The highest BCUT2D eigenvalue weighted by Crippen LogP contribution is 2.36. The van der Waals surface area contributed by atoms with E-state index in [4.69, 9.17) is 14.2 Å². The largest absolute Gasteiger partial charge is 0.490 e. The minimum atomic E-state index is -0.191. The van der Waals surface area contributed by atoms with Crippen molar-refractivity contribution in [3.05, 3.63) is 23.8 Å². The minimum Gasteiger partial charge on any atom is -0.490 e. The van der Waals surface area contributed by atoms with E-state index >= 15 is 0 Å². The number of ether oxygens (including phenoxy) is 3. The van der Waals surface area contributed by atoms with Crippen molar-refractivity contribution >= 4 is 11.9 Å². The smallest absolute Gasteiger partial charge is 0.305 e. The van der Waals surface area contributed by atoms with Gasteiger partial charge in [-0.15, -0.1) is 0 Å². The van der Waals surface area contributed by atoms with Crippen molar-refractivity contribution in [1.82, 2.24) is 5.32 Å². The molecule has 1 N–H and O–H groups in total. The molecular formula is C22H31NO5. The zero-order valence-corrected chi connectivity index (χ0v) is 16.7. The number of nitrogens with one attached hydrogen (secondary N) is 1. The van der Waals surface area contributed by atoms with Crippen molar-refractivity contribution in [2.24, 2.45) is 0 Å². The predicted molar refractivity (Wildman–Crippen MR) is 106 cm³/mol. The van der Waals surface area contributed by atoms with Crippen LogP contribution in [0.3, 0.4) is 0 Å². The van der Waals surface area contributed by atoms with E-state index in [0.29, 0.717) is 44.9 Å². The number of esters is 1. The standard InChI is InChI=1S/C22H31NO5/c1-2-26-22(25)8-5-13-27-19-11-9-16(17-10-12-21(24)23-15-17)14-20(19)28-18-6-3-4-7-18/h9,11,14,17-18H,2-8,10,12-13,15H2,1H3,(H,23,24). The van der Waals surface area contributed by atoms with Gasteiger partial charge in [0.2, 0.25) is 5.91 Å². The summed E-state index contributed by atoms with van der Waals surface area (Å²) in [5.41, 5.74) is 1.17. The summed E-state index contributed by atoms with van der Waals surface area (Å²) in [6, 6.07) is 6.09. The molecule has 1 amide bonds. The van der Waals surface area contributed by atoms with E-state index in [-0.39, 0.29) is 18.0 Å². The molecule has 28 heavy (non-hydrogen) atoms. The highest BCUT2D eigenvalue weighted by molar-refractivity contribution is 5.77. The van der Waals surface area contributed by atoms with Gasteiger partial charge in [-0.2, -0.15) is 0 Å². The van der Waals surface area contributed by atoms with Crippen LogP contribution >= 0.6 is 0 Å². The molecule has 1 saturated heterocycles. The molecule has 2 aliphatic rings. The second-order valence-electron chi connectivity index (χ2n) is 7.53. The van der Waals surface area contributed by atoms with Crippen LogP contribution in [0.15, 0.2) is 18.2 Å². The fourth-order valence-electron chi connectivity index (χ4n) is 3.82. The lowest BCUT2D eigenvalue weighted by Gasteiger charge is -2.24. The number of rotatable bonds is 9. The number of piperidine rings is 1. The van der Waals surface area contributed by atoms with Gasteiger partial charge in [0.05, 0.1) is 19.3 Å². The summed E-state index contributed by atoms with van der Waals surface area (Å²) in [6.45, 7) is 3.32. The number of hydrogen-bond donors (Lipinski definition) is 1. The number of carbonyl (C=O) groups excluding carboxylic acids is 2. The number of benzene rings is 1. The molecule has 0 spiro atoms. The molecule has 6 nitrogen and oxygen atoms in total. The first-order chi connectivity index (χ1) is 13.7. The van der Waals surface area contributed by atoms with Gasteiger partial charge in [-0.1, -0.05) is 6.07 Å². The highest BCUT2D eigenvalue weighted by Gasteiger charge is 2.23.